The summed E-state index contributed by atoms with van der Waals surface area (Å²) in [6.45, 7) is 2.67. The number of carbonyl (C=O) groups is 1. The summed E-state index contributed by atoms with van der Waals surface area (Å²) in [6.07, 6.45) is 4.10. The number of hydrogen-bond donors (Lipinski definition) is 1. The number of hydrogen-bond acceptors (Lipinski definition) is 4. The summed E-state index contributed by atoms with van der Waals surface area (Å²) in [4.78, 5) is 14.8. The van der Waals surface area contributed by atoms with Crippen LogP contribution in [0.15, 0.2) is 90.0 Å². The maximum atomic E-state index is 12.4. The first-order valence-electron chi connectivity index (χ1n) is 11.7. The van der Waals surface area contributed by atoms with Gasteiger partial charge in [0, 0.05) is 24.3 Å². The van der Waals surface area contributed by atoms with Crippen molar-refractivity contribution in [3.05, 3.63) is 105 Å². The van der Waals surface area contributed by atoms with Crippen LogP contribution in [0.2, 0.25) is 0 Å². The van der Waals surface area contributed by atoms with E-state index in [0.29, 0.717) is 12.2 Å². The Labute approximate surface area is 218 Å². The lowest BCUT2D eigenvalue weighted by molar-refractivity contribution is 0.0955. The van der Waals surface area contributed by atoms with Gasteiger partial charge in [-0.3, -0.25) is 4.79 Å². The highest BCUT2D eigenvalue weighted by Gasteiger charge is 2.13. The summed E-state index contributed by atoms with van der Waals surface area (Å²) < 4.78 is 7.09. The molecule has 0 saturated carbocycles. The van der Waals surface area contributed by atoms with Crippen LogP contribution in [0.1, 0.15) is 34.3 Å². The molecule has 6 heteroatoms. The van der Waals surface area contributed by atoms with Crippen LogP contribution < -0.4 is 15.1 Å². The van der Waals surface area contributed by atoms with E-state index < -0.39 is 0 Å². The molecular weight excluding hydrogens is 549 g/mol. The molecule has 1 fully saturated rings. The van der Waals surface area contributed by atoms with Crippen LogP contribution in [0.25, 0.3) is 10.8 Å². The summed E-state index contributed by atoms with van der Waals surface area (Å²) in [7, 11) is 0. The summed E-state index contributed by atoms with van der Waals surface area (Å²) >= 11 is 2.26. The van der Waals surface area contributed by atoms with Gasteiger partial charge in [-0.2, -0.15) is 5.10 Å². The minimum absolute atomic E-state index is 0.223. The van der Waals surface area contributed by atoms with Crippen LogP contribution in [-0.2, 0) is 6.61 Å². The molecule has 0 unspecified atom stereocenters. The molecule has 5 rings (SSSR count). The van der Waals surface area contributed by atoms with Gasteiger partial charge in [-0.15, -0.1) is 0 Å². The minimum Gasteiger partial charge on any atom is -0.488 e. The Bertz CT molecular complexity index is 1360. The Morgan fingerprint density at radius 1 is 0.971 bits per heavy atom. The van der Waals surface area contributed by atoms with Crippen molar-refractivity contribution in [2.75, 3.05) is 18.0 Å². The van der Waals surface area contributed by atoms with E-state index in [9.17, 15) is 4.79 Å². The third-order valence-electron chi connectivity index (χ3n) is 6.20. The Morgan fingerprint density at radius 3 is 2.54 bits per heavy atom. The maximum absolute atomic E-state index is 12.4. The van der Waals surface area contributed by atoms with Crippen LogP contribution in [0.3, 0.4) is 0 Å². The normalized spacial score (nSPS) is 13.5. The van der Waals surface area contributed by atoms with E-state index in [2.05, 4.69) is 68.3 Å². The van der Waals surface area contributed by atoms with E-state index in [4.69, 9.17) is 4.74 Å². The Morgan fingerprint density at radius 2 is 1.74 bits per heavy atom. The molecule has 4 aromatic carbocycles. The van der Waals surface area contributed by atoms with Crippen LogP contribution in [-0.4, -0.2) is 25.2 Å². The molecule has 176 valence electrons. The van der Waals surface area contributed by atoms with Crippen LogP contribution in [0.4, 0.5) is 5.69 Å². The molecule has 0 aliphatic carbocycles. The molecule has 1 aliphatic heterocycles. The molecule has 0 spiro atoms. The van der Waals surface area contributed by atoms with E-state index in [1.807, 2.05) is 54.6 Å². The van der Waals surface area contributed by atoms with Gasteiger partial charge in [-0.05, 0) is 99.8 Å². The first-order chi connectivity index (χ1) is 17.2. The second kappa shape index (κ2) is 10.9. The number of rotatable bonds is 7. The van der Waals surface area contributed by atoms with Crippen molar-refractivity contribution in [2.45, 2.75) is 19.4 Å². The van der Waals surface area contributed by atoms with Crippen LogP contribution >= 0.6 is 22.6 Å². The first kappa shape index (κ1) is 23.4. The predicted molar refractivity (Wildman–Crippen MR) is 150 cm³/mol. The highest BCUT2D eigenvalue weighted by atomic mass is 127. The second-order valence-corrected chi connectivity index (χ2v) is 9.72. The van der Waals surface area contributed by atoms with Crippen LogP contribution in [0, 0.1) is 3.57 Å². The van der Waals surface area contributed by atoms with Crippen molar-refractivity contribution >= 4 is 51.2 Å². The Kier molecular flexibility index (Phi) is 7.28. The average Bonchev–Trinajstić information content (AvgIpc) is 3.43. The fraction of sp³-hybridized carbons (Fsp3) is 0.172. The third-order valence-corrected chi connectivity index (χ3v) is 7.04. The molecule has 0 atom stereocenters. The van der Waals surface area contributed by atoms with Gasteiger partial charge in [-0.25, -0.2) is 5.43 Å². The number of benzene rings is 4. The van der Waals surface area contributed by atoms with Crippen molar-refractivity contribution in [3.63, 3.8) is 0 Å². The number of hydrazone groups is 1. The highest BCUT2D eigenvalue weighted by molar-refractivity contribution is 14.1. The van der Waals surface area contributed by atoms with Gasteiger partial charge in [0.15, 0.2) is 0 Å². The zero-order chi connectivity index (χ0) is 24.0. The lowest BCUT2D eigenvalue weighted by Gasteiger charge is -2.17. The molecule has 1 N–H and O–H groups in total. The molecule has 1 saturated heterocycles. The molecule has 1 heterocycles. The minimum atomic E-state index is -0.223. The molecular formula is C29H26IN3O2. The summed E-state index contributed by atoms with van der Waals surface area (Å²) in [5.74, 6) is 0.594. The summed E-state index contributed by atoms with van der Waals surface area (Å²) in [5, 5.41) is 6.55. The number of anilines is 1. The van der Waals surface area contributed by atoms with Gasteiger partial charge in [0.2, 0.25) is 0 Å². The summed E-state index contributed by atoms with van der Waals surface area (Å²) in [5.41, 5.74) is 6.42. The first-order valence-corrected chi connectivity index (χ1v) is 12.8. The monoisotopic (exact) mass is 575 g/mol. The number of amides is 1. The standard InChI is InChI=1S/C29H26IN3O2/c30-27-18-21(10-15-28(27)35-20-24-8-5-7-22-6-1-2-9-26(22)24)19-31-32-29(34)23-11-13-25(14-12-23)33-16-3-4-17-33/h1-2,5-15,18-19H,3-4,16-17,20H2,(H,32,34)/b31-19-. The van der Waals surface area contributed by atoms with Gasteiger partial charge >= 0.3 is 0 Å². The van der Waals surface area contributed by atoms with Crippen molar-refractivity contribution in [1.82, 2.24) is 5.43 Å². The van der Waals surface area contributed by atoms with E-state index >= 15 is 0 Å². The largest absolute Gasteiger partial charge is 0.488 e. The van der Waals surface area contributed by atoms with Gasteiger partial charge < -0.3 is 9.64 Å². The van der Waals surface area contributed by atoms with Crippen LogP contribution in [0.5, 0.6) is 5.75 Å². The van der Waals surface area contributed by atoms with Gasteiger partial charge in [0.25, 0.3) is 5.91 Å². The van der Waals surface area contributed by atoms with Crippen molar-refractivity contribution in [3.8, 4) is 5.75 Å². The molecule has 4 aromatic rings. The second-order valence-electron chi connectivity index (χ2n) is 8.56. The van der Waals surface area contributed by atoms with E-state index in [1.165, 1.54) is 29.3 Å². The molecule has 1 amide bonds. The van der Waals surface area contributed by atoms with E-state index in [0.717, 1.165) is 33.5 Å². The number of halogens is 1. The summed E-state index contributed by atoms with van der Waals surface area (Å²) in [6, 6.07) is 28.1. The molecule has 5 nitrogen and oxygen atoms in total. The number of nitrogens with zero attached hydrogens (tertiary/aromatic N) is 2. The van der Waals surface area contributed by atoms with Crippen molar-refractivity contribution in [2.24, 2.45) is 5.10 Å². The van der Waals surface area contributed by atoms with Gasteiger partial charge in [-0.1, -0.05) is 42.5 Å². The van der Waals surface area contributed by atoms with E-state index in [-0.39, 0.29) is 5.91 Å². The number of nitrogens with one attached hydrogen (secondary N) is 1. The molecule has 35 heavy (non-hydrogen) atoms. The topological polar surface area (TPSA) is 53.9 Å². The number of carbonyl (C=O) groups excluding carboxylic acids is 1. The zero-order valence-corrected chi connectivity index (χ0v) is 21.4. The molecule has 0 radical (unpaired) electrons. The fourth-order valence-corrected chi connectivity index (χ4v) is 5.01. The molecule has 1 aliphatic rings. The lowest BCUT2D eigenvalue weighted by atomic mass is 10.1. The van der Waals surface area contributed by atoms with Gasteiger partial charge in [0.1, 0.15) is 12.4 Å². The Hall–Kier alpha value is -3.39. The molecule has 0 aromatic heterocycles. The zero-order valence-electron chi connectivity index (χ0n) is 19.3. The number of fused-ring (bicyclic) bond motifs is 1. The average molecular weight is 575 g/mol. The third kappa shape index (κ3) is 5.65. The Balaban J connectivity index is 1.17. The smallest absolute Gasteiger partial charge is 0.271 e. The predicted octanol–water partition coefficient (Wildman–Crippen LogP) is 6.39. The maximum Gasteiger partial charge on any atom is 0.271 e. The number of ether oxygens (including phenoxy) is 1. The SMILES string of the molecule is O=C(N/N=C\c1ccc(OCc2cccc3ccccc23)c(I)c1)c1ccc(N2CCCC2)cc1. The lowest BCUT2D eigenvalue weighted by Crippen LogP contribution is -2.19. The van der Waals surface area contributed by atoms with Crippen molar-refractivity contribution in [1.29, 1.82) is 0 Å². The van der Waals surface area contributed by atoms with Crippen molar-refractivity contribution < 1.29 is 9.53 Å². The molecule has 0 bridgehead atoms. The van der Waals surface area contributed by atoms with E-state index in [1.54, 1.807) is 6.21 Å². The van der Waals surface area contributed by atoms with Gasteiger partial charge in [0.05, 0.1) is 9.78 Å². The fourth-order valence-electron chi connectivity index (χ4n) is 4.32. The quantitative estimate of drug-likeness (QED) is 0.158. The highest BCUT2D eigenvalue weighted by Crippen LogP contribution is 2.25.